The molecule has 7 heteroatoms. The fourth-order valence-corrected chi connectivity index (χ4v) is 3.33. The number of nitrogens with one attached hydrogen (secondary N) is 3. The van der Waals surface area contributed by atoms with Crippen molar-refractivity contribution in [2.24, 2.45) is 5.92 Å². The van der Waals surface area contributed by atoms with Gasteiger partial charge in [-0.15, -0.1) is 0 Å². The summed E-state index contributed by atoms with van der Waals surface area (Å²) in [5.74, 6) is -1.19. The molecule has 2 amide bonds. The first-order valence-corrected chi connectivity index (χ1v) is 10.8. The molecule has 0 aromatic heterocycles. The fraction of sp³-hybridized carbons (Fsp3) is 0.231. The van der Waals surface area contributed by atoms with Crippen LogP contribution in [0.4, 0.5) is 26.2 Å². The van der Waals surface area contributed by atoms with Gasteiger partial charge in [-0.25, -0.2) is 14.0 Å². The number of carboxylic acids is 1. The average Bonchev–Trinajstić information content (AvgIpc) is 2.75. The standard InChI is InChI=1S/C26H28FN3O3/c1-16(2)12-13-28-23-11-6-18(22-15-19(27)7-10-21(22)25(31)32)14-24(23)30-26(33)29-20-8-4-17(3)5-9-20/h4-11,14-16,28H,12-13H2,1-3H3,(H,31,32)(H2,29,30,33). The van der Waals surface area contributed by atoms with Gasteiger partial charge in [-0.05, 0) is 72.9 Å². The van der Waals surface area contributed by atoms with Gasteiger partial charge < -0.3 is 21.1 Å². The first-order chi connectivity index (χ1) is 15.7. The Labute approximate surface area is 192 Å². The number of benzene rings is 3. The molecule has 0 aliphatic carbocycles. The second-order valence-electron chi connectivity index (χ2n) is 8.31. The lowest BCUT2D eigenvalue weighted by Gasteiger charge is -2.17. The number of hydrogen-bond acceptors (Lipinski definition) is 3. The molecule has 3 aromatic carbocycles. The van der Waals surface area contributed by atoms with E-state index in [2.05, 4.69) is 29.8 Å². The van der Waals surface area contributed by atoms with Gasteiger partial charge in [0.1, 0.15) is 5.82 Å². The molecule has 3 rings (SSSR count). The predicted octanol–water partition coefficient (Wildman–Crippen LogP) is 6.60. The minimum Gasteiger partial charge on any atom is -0.478 e. The van der Waals surface area contributed by atoms with Crippen molar-refractivity contribution in [1.82, 2.24) is 0 Å². The van der Waals surface area contributed by atoms with Crippen LogP contribution in [0.15, 0.2) is 60.7 Å². The molecule has 0 aliphatic rings. The number of aryl methyl sites for hydroxylation is 1. The molecule has 0 saturated heterocycles. The summed E-state index contributed by atoms with van der Waals surface area (Å²) in [6, 6.07) is 15.6. The van der Waals surface area contributed by atoms with Gasteiger partial charge >= 0.3 is 12.0 Å². The molecule has 0 aliphatic heterocycles. The van der Waals surface area contributed by atoms with Crippen LogP contribution in [0.3, 0.4) is 0 Å². The molecule has 0 atom stereocenters. The van der Waals surface area contributed by atoms with Crippen LogP contribution in [-0.2, 0) is 0 Å². The van der Waals surface area contributed by atoms with Gasteiger partial charge in [-0.3, -0.25) is 0 Å². The van der Waals surface area contributed by atoms with Crippen molar-refractivity contribution in [3.63, 3.8) is 0 Å². The highest BCUT2D eigenvalue weighted by Crippen LogP contribution is 2.32. The Bertz CT molecular complexity index is 1140. The van der Waals surface area contributed by atoms with Gasteiger partial charge in [0.05, 0.1) is 16.9 Å². The molecule has 172 valence electrons. The van der Waals surface area contributed by atoms with E-state index >= 15 is 0 Å². The summed E-state index contributed by atoms with van der Waals surface area (Å²) in [5.41, 5.74) is 3.56. The van der Waals surface area contributed by atoms with E-state index in [1.54, 1.807) is 30.3 Å². The van der Waals surface area contributed by atoms with Crippen molar-refractivity contribution in [3.05, 3.63) is 77.6 Å². The molecular weight excluding hydrogens is 421 g/mol. The molecule has 6 nitrogen and oxygen atoms in total. The van der Waals surface area contributed by atoms with Gasteiger partial charge in [0.15, 0.2) is 0 Å². The minimum atomic E-state index is -1.16. The maximum absolute atomic E-state index is 13.9. The second-order valence-corrected chi connectivity index (χ2v) is 8.31. The predicted molar refractivity (Wildman–Crippen MR) is 131 cm³/mol. The number of aromatic carboxylic acids is 1. The topological polar surface area (TPSA) is 90.5 Å². The minimum absolute atomic E-state index is 0.0213. The molecular formula is C26H28FN3O3. The molecule has 33 heavy (non-hydrogen) atoms. The van der Waals surface area contributed by atoms with Crippen LogP contribution in [0.5, 0.6) is 0 Å². The van der Waals surface area contributed by atoms with E-state index < -0.39 is 17.8 Å². The normalized spacial score (nSPS) is 10.7. The zero-order valence-corrected chi connectivity index (χ0v) is 18.9. The number of urea groups is 1. The lowest BCUT2D eigenvalue weighted by molar-refractivity contribution is 0.0697. The molecule has 0 radical (unpaired) electrons. The number of carbonyl (C=O) groups is 2. The lowest BCUT2D eigenvalue weighted by Crippen LogP contribution is -2.20. The number of amides is 2. The molecule has 0 unspecified atom stereocenters. The summed E-state index contributed by atoms with van der Waals surface area (Å²) < 4.78 is 13.9. The Morgan fingerprint density at radius 3 is 2.33 bits per heavy atom. The SMILES string of the molecule is Cc1ccc(NC(=O)Nc2cc(-c3cc(F)ccc3C(=O)O)ccc2NCCC(C)C)cc1. The first kappa shape index (κ1) is 23.8. The number of hydrogen-bond donors (Lipinski definition) is 4. The Morgan fingerprint density at radius 1 is 0.939 bits per heavy atom. The average molecular weight is 450 g/mol. The van der Waals surface area contributed by atoms with E-state index in [0.717, 1.165) is 18.1 Å². The fourth-order valence-electron chi connectivity index (χ4n) is 3.33. The van der Waals surface area contributed by atoms with E-state index in [-0.39, 0.29) is 11.1 Å². The van der Waals surface area contributed by atoms with E-state index in [1.165, 1.54) is 12.1 Å². The summed E-state index contributed by atoms with van der Waals surface area (Å²) in [4.78, 5) is 24.3. The van der Waals surface area contributed by atoms with Gasteiger partial charge in [-0.2, -0.15) is 0 Å². The van der Waals surface area contributed by atoms with Crippen LogP contribution in [-0.4, -0.2) is 23.7 Å². The van der Waals surface area contributed by atoms with Gasteiger partial charge in [0.2, 0.25) is 0 Å². The van der Waals surface area contributed by atoms with Crippen LogP contribution in [0.1, 0.15) is 36.2 Å². The molecule has 4 N–H and O–H groups in total. The molecule has 0 bridgehead atoms. The van der Waals surface area contributed by atoms with E-state index in [1.807, 2.05) is 19.1 Å². The van der Waals surface area contributed by atoms with Crippen molar-refractivity contribution in [1.29, 1.82) is 0 Å². The number of carbonyl (C=O) groups excluding carboxylic acids is 1. The van der Waals surface area contributed by atoms with Gasteiger partial charge in [0.25, 0.3) is 0 Å². The van der Waals surface area contributed by atoms with Crippen molar-refractivity contribution in [3.8, 4) is 11.1 Å². The third-order valence-corrected chi connectivity index (χ3v) is 5.14. The number of carboxylic acid groups (broad SMARTS) is 1. The van der Waals surface area contributed by atoms with Gasteiger partial charge in [-0.1, -0.05) is 37.6 Å². The highest BCUT2D eigenvalue weighted by Gasteiger charge is 2.16. The Balaban J connectivity index is 1.92. The van der Waals surface area contributed by atoms with E-state index in [0.29, 0.717) is 35.1 Å². The summed E-state index contributed by atoms with van der Waals surface area (Å²) >= 11 is 0. The van der Waals surface area contributed by atoms with Crippen LogP contribution in [0.25, 0.3) is 11.1 Å². The van der Waals surface area contributed by atoms with Crippen molar-refractivity contribution >= 4 is 29.1 Å². The number of anilines is 3. The summed E-state index contributed by atoms with van der Waals surface area (Å²) in [6.07, 6.45) is 0.934. The Hall–Kier alpha value is -3.87. The van der Waals surface area contributed by atoms with Crippen molar-refractivity contribution < 1.29 is 19.1 Å². The summed E-state index contributed by atoms with van der Waals surface area (Å²) in [7, 11) is 0. The third kappa shape index (κ3) is 6.55. The molecule has 0 fully saturated rings. The maximum Gasteiger partial charge on any atom is 0.336 e. The van der Waals surface area contributed by atoms with Crippen LogP contribution in [0, 0.1) is 18.7 Å². The number of halogens is 1. The van der Waals surface area contributed by atoms with E-state index in [9.17, 15) is 19.1 Å². The number of rotatable bonds is 8. The monoisotopic (exact) mass is 449 g/mol. The smallest absolute Gasteiger partial charge is 0.336 e. The third-order valence-electron chi connectivity index (χ3n) is 5.14. The quantitative estimate of drug-likeness (QED) is 0.312. The second kappa shape index (κ2) is 10.6. The largest absolute Gasteiger partial charge is 0.478 e. The van der Waals surface area contributed by atoms with Crippen LogP contribution in [0.2, 0.25) is 0 Å². The van der Waals surface area contributed by atoms with Crippen molar-refractivity contribution in [2.45, 2.75) is 27.2 Å². The van der Waals surface area contributed by atoms with Crippen LogP contribution < -0.4 is 16.0 Å². The Kier molecular flexibility index (Phi) is 7.66. The lowest BCUT2D eigenvalue weighted by atomic mass is 9.98. The molecule has 0 saturated carbocycles. The highest BCUT2D eigenvalue weighted by atomic mass is 19.1. The van der Waals surface area contributed by atoms with Gasteiger partial charge in [0, 0.05) is 12.2 Å². The maximum atomic E-state index is 13.9. The summed E-state index contributed by atoms with van der Waals surface area (Å²) in [5, 5.41) is 18.5. The molecule has 0 spiro atoms. The molecule has 0 heterocycles. The summed E-state index contributed by atoms with van der Waals surface area (Å²) in [6.45, 7) is 6.90. The van der Waals surface area contributed by atoms with Crippen LogP contribution >= 0.6 is 0 Å². The highest BCUT2D eigenvalue weighted by molar-refractivity contribution is 6.03. The zero-order valence-electron chi connectivity index (χ0n) is 18.9. The Morgan fingerprint density at radius 2 is 1.67 bits per heavy atom. The first-order valence-electron chi connectivity index (χ1n) is 10.8. The van der Waals surface area contributed by atoms with E-state index in [4.69, 9.17) is 0 Å². The zero-order chi connectivity index (χ0) is 24.0. The van der Waals surface area contributed by atoms with Crippen molar-refractivity contribution in [2.75, 3.05) is 22.5 Å². The molecule has 3 aromatic rings.